The summed E-state index contributed by atoms with van der Waals surface area (Å²) in [5.41, 5.74) is 0.121. The van der Waals surface area contributed by atoms with Crippen molar-refractivity contribution in [2.45, 2.75) is 0 Å². The van der Waals surface area contributed by atoms with Crippen LogP contribution in [0.1, 0.15) is 15.9 Å². The average molecular weight is 276 g/mol. The number of carbonyl (C=O) groups excluding carboxylic acids is 1. The summed E-state index contributed by atoms with van der Waals surface area (Å²) in [6.07, 6.45) is 0. The molecular weight excluding hydrogens is 264 g/mol. The maximum absolute atomic E-state index is 12.2. The second-order valence-electron chi connectivity index (χ2n) is 4.08. The van der Waals surface area contributed by atoms with Gasteiger partial charge in [-0.05, 0) is 30.3 Å². The Morgan fingerprint density at radius 1 is 0.900 bits per heavy atom. The standard InChI is InChI=1S/C14H12O6/c1-20-12-3-2-7(4-9(12)15)13(18)8-5-10(16)14(19)11(17)6-8/h2-6,15-17,19H,1H3. The summed E-state index contributed by atoms with van der Waals surface area (Å²) in [5.74, 6) is -2.42. The van der Waals surface area contributed by atoms with Gasteiger partial charge in [-0.15, -0.1) is 0 Å². The van der Waals surface area contributed by atoms with E-state index in [-0.39, 0.29) is 22.6 Å². The van der Waals surface area contributed by atoms with E-state index < -0.39 is 23.0 Å². The van der Waals surface area contributed by atoms with Crippen molar-refractivity contribution in [1.29, 1.82) is 0 Å². The first kappa shape index (κ1) is 13.5. The number of methoxy groups -OCH3 is 1. The Morgan fingerprint density at radius 3 is 1.95 bits per heavy atom. The van der Waals surface area contributed by atoms with Crippen LogP contribution in [0, 0.1) is 0 Å². The summed E-state index contributed by atoms with van der Waals surface area (Å²) in [5, 5.41) is 37.6. The zero-order chi connectivity index (χ0) is 14.9. The van der Waals surface area contributed by atoms with Crippen LogP contribution in [0.4, 0.5) is 0 Å². The van der Waals surface area contributed by atoms with E-state index in [0.717, 1.165) is 12.1 Å². The minimum Gasteiger partial charge on any atom is -0.504 e. The van der Waals surface area contributed by atoms with E-state index in [9.17, 15) is 25.2 Å². The zero-order valence-electron chi connectivity index (χ0n) is 10.5. The van der Waals surface area contributed by atoms with Crippen molar-refractivity contribution >= 4 is 5.78 Å². The molecule has 0 aliphatic rings. The molecular formula is C14H12O6. The molecule has 0 bridgehead atoms. The summed E-state index contributed by atoms with van der Waals surface area (Å²) in [6.45, 7) is 0. The van der Waals surface area contributed by atoms with Gasteiger partial charge in [-0.3, -0.25) is 4.79 Å². The maximum Gasteiger partial charge on any atom is 0.200 e. The molecule has 0 heterocycles. The van der Waals surface area contributed by atoms with Gasteiger partial charge in [0.2, 0.25) is 0 Å². The number of ether oxygens (including phenoxy) is 1. The molecule has 0 fully saturated rings. The molecule has 0 spiro atoms. The SMILES string of the molecule is COc1ccc(C(=O)c2cc(O)c(O)c(O)c2)cc1O. The highest BCUT2D eigenvalue weighted by atomic mass is 16.5. The Hall–Kier alpha value is -2.89. The molecule has 6 nitrogen and oxygen atoms in total. The van der Waals surface area contributed by atoms with Crippen LogP contribution in [0.25, 0.3) is 0 Å². The Balaban J connectivity index is 2.44. The van der Waals surface area contributed by atoms with Gasteiger partial charge in [0.1, 0.15) is 0 Å². The topological polar surface area (TPSA) is 107 Å². The number of hydrogen-bond donors (Lipinski definition) is 4. The van der Waals surface area contributed by atoms with Crippen molar-refractivity contribution in [2.24, 2.45) is 0 Å². The quantitative estimate of drug-likeness (QED) is 0.502. The van der Waals surface area contributed by atoms with E-state index in [0.29, 0.717) is 0 Å². The van der Waals surface area contributed by atoms with Crippen LogP contribution < -0.4 is 4.74 Å². The molecule has 4 N–H and O–H groups in total. The molecule has 2 aromatic rings. The van der Waals surface area contributed by atoms with Crippen LogP contribution in [-0.4, -0.2) is 33.3 Å². The van der Waals surface area contributed by atoms with Gasteiger partial charge < -0.3 is 25.2 Å². The van der Waals surface area contributed by atoms with Gasteiger partial charge in [0, 0.05) is 11.1 Å². The molecule has 0 aromatic heterocycles. The number of hydrogen-bond acceptors (Lipinski definition) is 6. The Bertz CT molecular complexity index is 654. The Labute approximate surface area is 114 Å². The maximum atomic E-state index is 12.2. The van der Waals surface area contributed by atoms with Crippen molar-refractivity contribution in [1.82, 2.24) is 0 Å². The smallest absolute Gasteiger partial charge is 0.200 e. The summed E-state index contributed by atoms with van der Waals surface area (Å²) >= 11 is 0. The molecule has 0 atom stereocenters. The van der Waals surface area contributed by atoms with Crippen molar-refractivity contribution in [3.05, 3.63) is 41.5 Å². The summed E-state index contributed by atoms with van der Waals surface area (Å²) < 4.78 is 4.87. The minimum absolute atomic E-state index is 0.0256. The van der Waals surface area contributed by atoms with Crippen molar-refractivity contribution in [3.63, 3.8) is 0 Å². The molecule has 0 aliphatic carbocycles. The highest BCUT2D eigenvalue weighted by Crippen LogP contribution is 2.36. The monoisotopic (exact) mass is 276 g/mol. The highest BCUT2D eigenvalue weighted by Gasteiger charge is 2.16. The van der Waals surface area contributed by atoms with Gasteiger partial charge >= 0.3 is 0 Å². The van der Waals surface area contributed by atoms with Gasteiger partial charge in [-0.2, -0.15) is 0 Å². The fourth-order valence-corrected chi connectivity index (χ4v) is 1.73. The average Bonchev–Trinajstić information content (AvgIpc) is 2.43. The van der Waals surface area contributed by atoms with Gasteiger partial charge in [-0.1, -0.05) is 0 Å². The zero-order valence-corrected chi connectivity index (χ0v) is 10.5. The van der Waals surface area contributed by atoms with E-state index in [1.807, 2.05) is 0 Å². The molecule has 20 heavy (non-hydrogen) atoms. The van der Waals surface area contributed by atoms with Gasteiger partial charge in [-0.25, -0.2) is 0 Å². The first-order chi connectivity index (χ1) is 9.43. The Morgan fingerprint density at radius 2 is 1.45 bits per heavy atom. The second kappa shape index (κ2) is 5.00. The third-order valence-corrected chi connectivity index (χ3v) is 2.77. The lowest BCUT2D eigenvalue weighted by Gasteiger charge is -2.07. The van der Waals surface area contributed by atoms with E-state index in [1.54, 1.807) is 0 Å². The number of phenolic OH excluding ortho intramolecular Hbond substituents is 4. The first-order valence-corrected chi connectivity index (χ1v) is 5.60. The summed E-state index contributed by atoms with van der Waals surface area (Å²) in [6, 6.07) is 6.12. The lowest BCUT2D eigenvalue weighted by molar-refractivity contribution is 0.103. The number of rotatable bonds is 3. The lowest BCUT2D eigenvalue weighted by atomic mass is 10.0. The van der Waals surface area contributed by atoms with Gasteiger partial charge in [0.05, 0.1) is 7.11 Å². The number of aromatic hydroxyl groups is 4. The Kier molecular flexibility index (Phi) is 3.39. The third kappa shape index (κ3) is 2.31. The van der Waals surface area contributed by atoms with Crippen molar-refractivity contribution in [3.8, 4) is 28.7 Å². The fourth-order valence-electron chi connectivity index (χ4n) is 1.73. The van der Waals surface area contributed by atoms with E-state index in [2.05, 4.69) is 0 Å². The van der Waals surface area contributed by atoms with Crippen molar-refractivity contribution in [2.75, 3.05) is 7.11 Å². The number of benzene rings is 2. The van der Waals surface area contributed by atoms with Crippen LogP contribution >= 0.6 is 0 Å². The van der Waals surface area contributed by atoms with E-state index in [1.165, 1.54) is 25.3 Å². The molecule has 2 rings (SSSR count). The van der Waals surface area contributed by atoms with Gasteiger partial charge in [0.15, 0.2) is 34.5 Å². The predicted molar refractivity (Wildman–Crippen MR) is 69.5 cm³/mol. The fraction of sp³-hybridized carbons (Fsp3) is 0.0714. The molecule has 0 unspecified atom stereocenters. The molecule has 0 aliphatic heterocycles. The molecule has 0 saturated carbocycles. The number of carbonyl (C=O) groups is 1. The predicted octanol–water partition coefficient (Wildman–Crippen LogP) is 1.75. The number of ketones is 1. The summed E-state index contributed by atoms with van der Waals surface area (Å²) in [7, 11) is 1.38. The van der Waals surface area contributed by atoms with Crippen molar-refractivity contribution < 1.29 is 30.0 Å². The molecule has 2 aromatic carbocycles. The normalized spacial score (nSPS) is 10.2. The molecule has 0 amide bonds. The minimum atomic E-state index is -0.695. The van der Waals surface area contributed by atoms with Crippen LogP contribution in [-0.2, 0) is 0 Å². The van der Waals surface area contributed by atoms with Gasteiger partial charge in [0.25, 0.3) is 0 Å². The van der Waals surface area contributed by atoms with E-state index in [4.69, 9.17) is 4.74 Å². The molecule has 0 saturated heterocycles. The largest absolute Gasteiger partial charge is 0.504 e. The first-order valence-electron chi connectivity index (χ1n) is 5.60. The third-order valence-electron chi connectivity index (χ3n) is 2.77. The summed E-state index contributed by atoms with van der Waals surface area (Å²) in [4.78, 5) is 12.2. The lowest BCUT2D eigenvalue weighted by Crippen LogP contribution is -2.01. The van der Waals surface area contributed by atoms with Crippen LogP contribution in [0.15, 0.2) is 30.3 Å². The second-order valence-corrected chi connectivity index (χ2v) is 4.08. The highest BCUT2D eigenvalue weighted by molar-refractivity contribution is 6.10. The number of phenols is 4. The van der Waals surface area contributed by atoms with E-state index >= 15 is 0 Å². The molecule has 6 heteroatoms. The molecule has 0 radical (unpaired) electrons. The molecule has 104 valence electrons. The van der Waals surface area contributed by atoms with Crippen LogP contribution in [0.3, 0.4) is 0 Å². The van der Waals surface area contributed by atoms with Crippen LogP contribution in [0.5, 0.6) is 28.7 Å². The van der Waals surface area contributed by atoms with Crippen LogP contribution in [0.2, 0.25) is 0 Å².